The summed E-state index contributed by atoms with van der Waals surface area (Å²) in [6.45, 7) is 1.84. The van der Waals surface area contributed by atoms with Crippen LogP contribution in [0.25, 0.3) is 11.0 Å². The molecule has 7 heteroatoms. The Kier molecular flexibility index (Phi) is 4.62. The average molecular weight is 354 g/mol. The summed E-state index contributed by atoms with van der Waals surface area (Å²) in [6.07, 6.45) is 0. The molecule has 1 heterocycles. The lowest BCUT2D eigenvalue weighted by Crippen LogP contribution is -2.29. The highest BCUT2D eigenvalue weighted by Crippen LogP contribution is 2.30. The van der Waals surface area contributed by atoms with Crippen molar-refractivity contribution in [2.75, 3.05) is 14.2 Å². The fourth-order valence-corrected chi connectivity index (χ4v) is 2.74. The SMILES string of the molecule is COc1ccc(C(=O)N(C)C(C)c2cc3ccccc3o2)cc1[N+](=O)[O-]. The minimum Gasteiger partial charge on any atom is -0.490 e. The van der Waals surface area contributed by atoms with Crippen LogP contribution in [0, 0.1) is 10.1 Å². The maximum atomic E-state index is 12.8. The molecular weight excluding hydrogens is 336 g/mol. The van der Waals surface area contributed by atoms with Gasteiger partial charge in [-0.25, -0.2) is 0 Å². The quantitative estimate of drug-likeness (QED) is 0.507. The van der Waals surface area contributed by atoms with Crippen LogP contribution in [0.2, 0.25) is 0 Å². The van der Waals surface area contributed by atoms with Crippen molar-refractivity contribution in [3.05, 3.63) is 70.0 Å². The maximum absolute atomic E-state index is 12.8. The number of nitrogens with zero attached hydrogens (tertiary/aromatic N) is 2. The third kappa shape index (κ3) is 3.11. The van der Waals surface area contributed by atoms with Crippen molar-refractivity contribution in [3.63, 3.8) is 0 Å². The van der Waals surface area contributed by atoms with E-state index in [9.17, 15) is 14.9 Å². The van der Waals surface area contributed by atoms with Crippen molar-refractivity contribution in [2.45, 2.75) is 13.0 Å². The molecule has 3 aromatic rings. The van der Waals surface area contributed by atoms with Gasteiger partial charge in [-0.05, 0) is 31.2 Å². The normalized spacial score (nSPS) is 12.0. The topological polar surface area (TPSA) is 85.8 Å². The minimum absolute atomic E-state index is 0.111. The zero-order valence-corrected chi connectivity index (χ0v) is 14.6. The smallest absolute Gasteiger partial charge is 0.311 e. The van der Waals surface area contributed by atoms with Gasteiger partial charge in [0.1, 0.15) is 11.3 Å². The Morgan fingerprint density at radius 3 is 2.62 bits per heavy atom. The number of methoxy groups -OCH3 is 1. The second-order valence-electron chi connectivity index (χ2n) is 5.92. The summed E-state index contributed by atoms with van der Waals surface area (Å²) in [4.78, 5) is 24.9. The van der Waals surface area contributed by atoms with Crippen molar-refractivity contribution in [1.82, 2.24) is 4.90 Å². The Morgan fingerprint density at radius 1 is 1.23 bits per heavy atom. The van der Waals surface area contributed by atoms with Gasteiger partial charge >= 0.3 is 5.69 Å². The number of amides is 1. The van der Waals surface area contributed by atoms with Crippen LogP contribution in [0.1, 0.15) is 29.1 Å². The van der Waals surface area contributed by atoms with Gasteiger partial charge in [0.15, 0.2) is 5.75 Å². The molecule has 1 amide bonds. The number of carbonyl (C=O) groups is 1. The predicted molar refractivity (Wildman–Crippen MR) is 96.4 cm³/mol. The fourth-order valence-electron chi connectivity index (χ4n) is 2.74. The fraction of sp³-hybridized carbons (Fsp3) is 0.211. The Hall–Kier alpha value is -3.35. The van der Waals surface area contributed by atoms with Crippen LogP contribution in [0.3, 0.4) is 0 Å². The van der Waals surface area contributed by atoms with Gasteiger partial charge in [0, 0.05) is 24.1 Å². The lowest BCUT2D eigenvalue weighted by atomic mass is 10.1. The van der Waals surface area contributed by atoms with Crippen molar-refractivity contribution in [3.8, 4) is 5.75 Å². The Bertz CT molecular complexity index is 946. The van der Waals surface area contributed by atoms with Crippen molar-refractivity contribution in [2.24, 2.45) is 0 Å². The van der Waals surface area contributed by atoms with Crippen LogP contribution >= 0.6 is 0 Å². The van der Waals surface area contributed by atoms with Crippen LogP contribution in [0.4, 0.5) is 5.69 Å². The lowest BCUT2D eigenvalue weighted by Gasteiger charge is -2.23. The van der Waals surface area contributed by atoms with E-state index in [-0.39, 0.29) is 28.9 Å². The van der Waals surface area contributed by atoms with E-state index in [1.807, 2.05) is 37.3 Å². The van der Waals surface area contributed by atoms with Gasteiger partial charge in [-0.2, -0.15) is 0 Å². The second kappa shape index (κ2) is 6.87. The summed E-state index contributed by atoms with van der Waals surface area (Å²) in [5.41, 5.74) is 0.710. The van der Waals surface area contributed by atoms with E-state index in [4.69, 9.17) is 9.15 Å². The first kappa shape index (κ1) is 17.5. The highest BCUT2D eigenvalue weighted by Gasteiger charge is 2.24. The van der Waals surface area contributed by atoms with E-state index in [0.717, 1.165) is 11.0 Å². The average Bonchev–Trinajstić information content (AvgIpc) is 3.09. The second-order valence-corrected chi connectivity index (χ2v) is 5.92. The summed E-state index contributed by atoms with van der Waals surface area (Å²) in [7, 11) is 2.98. The summed E-state index contributed by atoms with van der Waals surface area (Å²) in [5, 5.41) is 12.1. The van der Waals surface area contributed by atoms with Gasteiger partial charge in [0.05, 0.1) is 18.1 Å². The van der Waals surface area contributed by atoms with Crippen LogP contribution in [0.15, 0.2) is 52.9 Å². The molecule has 0 bridgehead atoms. The molecule has 0 saturated carbocycles. The summed E-state index contributed by atoms with van der Waals surface area (Å²) in [5.74, 6) is 0.410. The van der Waals surface area contributed by atoms with E-state index in [0.29, 0.717) is 5.76 Å². The molecule has 26 heavy (non-hydrogen) atoms. The van der Waals surface area contributed by atoms with E-state index in [1.54, 1.807) is 7.05 Å². The molecule has 0 fully saturated rings. The summed E-state index contributed by atoms with van der Waals surface area (Å²) in [6, 6.07) is 13.3. The lowest BCUT2D eigenvalue weighted by molar-refractivity contribution is -0.385. The molecule has 2 aromatic carbocycles. The van der Waals surface area contributed by atoms with Gasteiger partial charge in [0.25, 0.3) is 5.91 Å². The number of carbonyl (C=O) groups excluding carboxylic acids is 1. The summed E-state index contributed by atoms with van der Waals surface area (Å²) >= 11 is 0. The molecule has 3 rings (SSSR count). The number of fused-ring (bicyclic) bond motifs is 1. The Morgan fingerprint density at radius 2 is 1.96 bits per heavy atom. The zero-order valence-electron chi connectivity index (χ0n) is 14.6. The largest absolute Gasteiger partial charge is 0.490 e. The minimum atomic E-state index is -0.571. The highest BCUT2D eigenvalue weighted by molar-refractivity contribution is 5.95. The Balaban J connectivity index is 1.89. The molecule has 1 unspecified atom stereocenters. The molecule has 0 N–H and O–H groups in total. The molecular formula is C19H18N2O5. The van der Waals surface area contributed by atoms with Gasteiger partial charge in [-0.3, -0.25) is 14.9 Å². The van der Waals surface area contributed by atoms with E-state index in [2.05, 4.69) is 0 Å². The summed E-state index contributed by atoms with van der Waals surface area (Å²) < 4.78 is 10.8. The molecule has 0 aliphatic carbocycles. The monoisotopic (exact) mass is 354 g/mol. The highest BCUT2D eigenvalue weighted by atomic mass is 16.6. The predicted octanol–water partition coefficient (Wildman–Crippen LogP) is 4.18. The van der Waals surface area contributed by atoms with Crippen molar-refractivity contribution < 1.29 is 18.9 Å². The first-order valence-corrected chi connectivity index (χ1v) is 8.00. The molecule has 0 aliphatic heterocycles. The number of nitro benzene ring substituents is 1. The molecule has 0 aliphatic rings. The molecule has 134 valence electrons. The number of para-hydroxylation sites is 1. The third-order valence-electron chi connectivity index (χ3n) is 4.38. The number of nitro groups is 1. The number of ether oxygens (including phenoxy) is 1. The van der Waals surface area contributed by atoms with Crippen LogP contribution in [0.5, 0.6) is 5.75 Å². The van der Waals surface area contributed by atoms with Crippen molar-refractivity contribution in [1.29, 1.82) is 0 Å². The number of benzene rings is 2. The molecule has 7 nitrogen and oxygen atoms in total. The molecule has 0 saturated heterocycles. The van der Waals surface area contributed by atoms with Gasteiger partial charge in [0.2, 0.25) is 0 Å². The molecule has 1 atom stereocenters. The van der Waals surface area contributed by atoms with Gasteiger partial charge in [-0.1, -0.05) is 18.2 Å². The number of hydrogen-bond donors (Lipinski definition) is 0. The standard InChI is InChI=1S/C19H18N2O5/c1-12(18-11-13-6-4-5-7-16(13)26-18)20(2)19(22)14-8-9-17(25-3)15(10-14)21(23)24/h4-12H,1-3H3. The molecule has 0 radical (unpaired) electrons. The van der Waals surface area contributed by atoms with E-state index in [1.165, 1.54) is 30.2 Å². The zero-order chi connectivity index (χ0) is 18.8. The van der Waals surface area contributed by atoms with Gasteiger partial charge < -0.3 is 14.1 Å². The van der Waals surface area contributed by atoms with Crippen LogP contribution in [-0.2, 0) is 0 Å². The van der Waals surface area contributed by atoms with Crippen molar-refractivity contribution >= 4 is 22.6 Å². The van der Waals surface area contributed by atoms with E-state index < -0.39 is 4.92 Å². The number of hydrogen-bond acceptors (Lipinski definition) is 5. The number of furan rings is 1. The third-order valence-corrected chi connectivity index (χ3v) is 4.38. The number of rotatable bonds is 5. The Labute approximate surface area is 149 Å². The van der Waals surface area contributed by atoms with E-state index >= 15 is 0 Å². The first-order chi connectivity index (χ1) is 12.4. The first-order valence-electron chi connectivity index (χ1n) is 8.00. The molecule has 0 spiro atoms. The molecule has 1 aromatic heterocycles. The maximum Gasteiger partial charge on any atom is 0.311 e. The van der Waals surface area contributed by atoms with Crippen LogP contribution in [-0.4, -0.2) is 29.9 Å². The van der Waals surface area contributed by atoms with Crippen LogP contribution < -0.4 is 4.74 Å². The van der Waals surface area contributed by atoms with Gasteiger partial charge in [-0.15, -0.1) is 0 Å².